The molecule has 7 nitrogen and oxygen atoms in total. The van der Waals surface area contributed by atoms with Crippen LogP contribution in [0.25, 0.3) is 10.9 Å². The number of aromatic nitrogens is 3. The summed E-state index contributed by atoms with van der Waals surface area (Å²) in [7, 11) is 0. The lowest BCUT2D eigenvalue weighted by molar-refractivity contribution is -0.408. The molecule has 146 valence electrons. The van der Waals surface area contributed by atoms with Crippen LogP contribution in [0.3, 0.4) is 0 Å². The minimum atomic E-state index is 0.399. The number of hydrogen-bond acceptors (Lipinski definition) is 3. The second-order valence-electron chi connectivity index (χ2n) is 6.58. The zero-order valence-electron chi connectivity index (χ0n) is 16.4. The summed E-state index contributed by atoms with van der Waals surface area (Å²) in [6.07, 6.45) is 2.82. The topological polar surface area (TPSA) is 94.7 Å². The molecule has 1 aromatic carbocycles. The normalized spacial score (nSPS) is 12.0. The van der Waals surface area contributed by atoms with Crippen LogP contribution in [-0.2, 0) is 6.42 Å². The Kier molecular flexibility index (Phi) is 6.20. The van der Waals surface area contributed by atoms with Crippen LogP contribution < -0.4 is 16.4 Å². The number of benzene rings is 1. The summed E-state index contributed by atoms with van der Waals surface area (Å²) in [5.41, 5.74) is 10.4. The molecule has 0 bridgehead atoms. The fraction of sp³-hybridized carbons (Fsp3) is 0.300. The predicted molar refractivity (Wildman–Crippen MR) is 118 cm³/mol. The third-order valence-electron chi connectivity index (χ3n) is 4.37. The summed E-state index contributed by atoms with van der Waals surface area (Å²) in [6, 6.07) is 10.2. The molecule has 0 amide bonds. The van der Waals surface area contributed by atoms with Gasteiger partial charge in [-0.05, 0) is 50.7 Å². The van der Waals surface area contributed by atoms with E-state index in [0.717, 1.165) is 29.9 Å². The van der Waals surface area contributed by atoms with Gasteiger partial charge in [0, 0.05) is 41.5 Å². The maximum atomic E-state index is 6.35. The van der Waals surface area contributed by atoms with Crippen molar-refractivity contribution in [2.24, 2.45) is 5.73 Å². The van der Waals surface area contributed by atoms with E-state index < -0.39 is 0 Å². The van der Waals surface area contributed by atoms with E-state index in [-0.39, 0.29) is 0 Å². The van der Waals surface area contributed by atoms with E-state index in [4.69, 9.17) is 18.0 Å². The molecule has 0 fully saturated rings. The molecule has 0 atom stereocenters. The highest BCUT2D eigenvalue weighted by atomic mass is 32.1. The van der Waals surface area contributed by atoms with Crippen LogP contribution in [0.5, 0.6) is 0 Å². The van der Waals surface area contributed by atoms with Gasteiger partial charge in [-0.2, -0.15) is 0 Å². The van der Waals surface area contributed by atoms with E-state index in [1.165, 1.54) is 10.9 Å². The average molecular weight is 397 g/mol. The molecular weight excluding hydrogens is 370 g/mol. The number of guanidine groups is 1. The molecule has 0 aliphatic rings. The van der Waals surface area contributed by atoms with E-state index in [1.54, 1.807) is 0 Å². The Morgan fingerprint density at radius 1 is 1.21 bits per heavy atom. The van der Waals surface area contributed by atoms with Crippen molar-refractivity contribution in [3.05, 3.63) is 53.5 Å². The maximum absolute atomic E-state index is 6.35. The van der Waals surface area contributed by atoms with E-state index in [0.29, 0.717) is 23.6 Å². The van der Waals surface area contributed by atoms with Gasteiger partial charge in [0.15, 0.2) is 0 Å². The molecule has 2 heterocycles. The number of nitrogens with two attached hydrogens (primary N) is 1. The lowest BCUT2D eigenvalue weighted by Crippen LogP contribution is -2.44. The maximum Gasteiger partial charge on any atom is 0.315 e. The first-order chi connectivity index (χ1) is 13.5. The van der Waals surface area contributed by atoms with Crippen molar-refractivity contribution in [3.63, 3.8) is 0 Å². The van der Waals surface area contributed by atoms with Crippen LogP contribution in [0.15, 0.2) is 36.5 Å². The quantitative estimate of drug-likeness (QED) is 0.229. The number of nitrogens with zero attached hydrogens (tertiary/aromatic N) is 3. The number of aryl methyl sites for hydroxylation is 2. The molecule has 0 aliphatic carbocycles. The van der Waals surface area contributed by atoms with E-state index >= 15 is 0 Å². The Hall–Kier alpha value is -3.00. The fourth-order valence-corrected chi connectivity index (χ4v) is 3.45. The summed E-state index contributed by atoms with van der Waals surface area (Å²) in [6.45, 7) is 7.19. The summed E-state index contributed by atoms with van der Waals surface area (Å²) in [5, 5.41) is 8.04. The van der Waals surface area contributed by atoms with Crippen molar-refractivity contribution in [2.75, 3.05) is 18.4 Å². The van der Waals surface area contributed by atoms with Crippen LogP contribution >= 0.6 is 12.2 Å². The number of rotatable bonds is 5. The van der Waals surface area contributed by atoms with Crippen molar-refractivity contribution in [2.45, 2.75) is 27.2 Å². The molecule has 0 saturated carbocycles. The highest BCUT2D eigenvalue weighted by Gasteiger charge is 2.16. The SMILES string of the molecule is CCNC(=S)[N+](CCc1c[nH]c2ccccc12)=C(N)Nc1nc(C)cc(C)n1. The zero-order chi connectivity index (χ0) is 20.1. The van der Waals surface area contributed by atoms with Gasteiger partial charge in [0.2, 0.25) is 0 Å². The predicted octanol–water partition coefficient (Wildman–Crippen LogP) is 2.45. The number of para-hydroxylation sites is 1. The third-order valence-corrected chi connectivity index (χ3v) is 4.73. The van der Waals surface area contributed by atoms with Gasteiger partial charge in [-0.1, -0.05) is 18.2 Å². The summed E-state index contributed by atoms with van der Waals surface area (Å²) < 4.78 is 1.85. The lowest BCUT2D eigenvalue weighted by atomic mass is 10.1. The van der Waals surface area contributed by atoms with Gasteiger partial charge in [0.25, 0.3) is 11.1 Å². The number of fused-ring (bicyclic) bond motifs is 1. The third kappa shape index (κ3) is 4.64. The number of anilines is 1. The number of thiocarbonyl (C=S) groups is 1. The Bertz CT molecular complexity index is 1000. The Labute approximate surface area is 170 Å². The van der Waals surface area contributed by atoms with E-state index in [1.807, 2.05) is 49.7 Å². The summed E-state index contributed by atoms with van der Waals surface area (Å²) >= 11 is 5.53. The number of nitrogens with one attached hydrogen (secondary N) is 3. The number of H-pyrrole nitrogens is 1. The molecular formula is C20H26N7S+. The van der Waals surface area contributed by atoms with Gasteiger partial charge in [-0.25, -0.2) is 19.9 Å². The molecule has 3 aromatic rings. The standard InChI is InChI=1S/C20H25N7S/c1-4-22-20(28)27(18(21)26-19-24-13(2)11-14(3)25-19)10-9-15-12-23-17-8-6-5-7-16(15)17/h5-8,11-12,23H,4,9-10H2,1-3H3,(H3,21,22,24,25,26,28)/p+1. The van der Waals surface area contributed by atoms with E-state index in [9.17, 15) is 0 Å². The van der Waals surface area contributed by atoms with Gasteiger partial charge in [0.05, 0.1) is 6.54 Å². The minimum Gasteiger partial charge on any atom is -0.361 e. The van der Waals surface area contributed by atoms with Crippen molar-refractivity contribution in [1.29, 1.82) is 0 Å². The van der Waals surface area contributed by atoms with Crippen LogP contribution in [-0.4, -0.2) is 43.7 Å². The Balaban J connectivity index is 1.85. The van der Waals surface area contributed by atoms with Crippen LogP contribution in [0.4, 0.5) is 5.95 Å². The first kappa shape index (κ1) is 19.8. The molecule has 28 heavy (non-hydrogen) atoms. The minimum absolute atomic E-state index is 0.399. The van der Waals surface area contributed by atoms with Gasteiger partial charge < -0.3 is 16.0 Å². The Morgan fingerprint density at radius 2 is 1.93 bits per heavy atom. The van der Waals surface area contributed by atoms with E-state index in [2.05, 4.69) is 37.7 Å². The second kappa shape index (κ2) is 8.79. The smallest absolute Gasteiger partial charge is 0.315 e. The monoisotopic (exact) mass is 396 g/mol. The molecule has 8 heteroatoms. The summed E-state index contributed by atoms with van der Waals surface area (Å²) in [5.74, 6) is 0.863. The molecule has 2 aromatic heterocycles. The van der Waals surface area contributed by atoms with Gasteiger partial charge in [-0.15, -0.1) is 0 Å². The molecule has 0 unspecified atom stereocenters. The van der Waals surface area contributed by atoms with Crippen LogP contribution in [0.2, 0.25) is 0 Å². The largest absolute Gasteiger partial charge is 0.361 e. The lowest BCUT2D eigenvalue weighted by Gasteiger charge is -2.13. The zero-order valence-corrected chi connectivity index (χ0v) is 17.2. The van der Waals surface area contributed by atoms with Crippen molar-refractivity contribution >= 4 is 40.1 Å². The second-order valence-corrected chi connectivity index (χ2v) is 6.97. The van der Waals surface area contributed by atoms with Gasteiger partial charge in [-0.3, -0.25) is 0 Å². The molecule has 0 radical (unpaired) electrons. The highest BCUT2D eigenvalue weighted by Crippen LogP contribution is 2.18. The first-order valence-corrected chi connectivity index (χ1v) is 9.71. The molecule has 0 aliphatic heterocycles. The molecule has 0 spiro atoms. The molecule has 5 N–H and O–H groups in total. The summed E-state index contributed by atoms with van der Waals surface area (Å²) in [4.78, 5) is 12.1. The average Bonchev–Trinajstić information content (AvgIpc) is 3.04. The highest BCUT2D eigenvalue weighted by molar-refractivity contribution is 7.79. The van der Waals surface area contributed by atoms with Crippen molar-refractivity contribution in [3.8, 4) is 0 Å². The van der Waals surface area contributed by atoms with Crippen LogP contribution in [0.1, 0.15) is 23.9 Å². The van der Waals surface area contributed by atoms with Gasteiger partial charge >= 0.3 is 5.96 Å². The van der Waals surface area contributed by atoms with Crippen molar-refractivity contribution in [1.82, 2.24) is 20.3 Å². The molecule has 3 rings (SSSR count). The fourth-order valence-electron chi connectivity index (χ4n) is 3.11. The first-order valence-electron chi connectivity index (χ1n) is 9.30. The molecule has 0 saturated heterocycles. The Morgan fingerprint density at radius 3 is 2.64 bits per heavy atom. The van der Waals surface area contributed by atoms with Crippen LogP contribution in [0, 0.1) is 13.8 Å². The van der Waals surface area contributed by atoms with Gasteiger partial charge in [0.1, 0.15) is 0 Å². The number of hydrogen-bond donors (Lipinski definition) is 4. The van der Waals surface area contributed by atoms with Crippen molar-refractivity contribution < 1.29 is 4.58 Å². The number of aromatic amines is 1.